The van der Waals surface area contributed by atoms with Gasteiger partial charge in [0.1, 0.15) is 17.2 Å². The van der Waals surface area contributed by atoms with Crippen molar-refractivity contribution in [2.75, 3.05) is 42.9 Å². The Labute approximate surface area is 173 Å². The van der Waals surface area contributed by atoms with E-state index in [0.717, 1.165) is 31.9 Å². The summed E-state index contributed by atoms with van der Waals surface area (Å²) in [6, 6.07) is 5.36. The fraction of sp³-hybridized carbons (Fsp3) is 0.400. The van der Waals surface area contributed by atoms with Crippen LogP contribution in [0.2, 0.25) is 0 Å². The van der Waals surface area contributed by atoms with E-state index in [1.807, 2.05) is 32.2 Å². The number of carboxylic acid groups (broad SMARTS) is 1. The van der Waals surface area contributed by atoms with E-state index in [0.29, 0.717) is 29.3 Å². The molecule has 158 valence electrons. The summed E-state index contributed by atoms with van der Waals surface area (Å²) in [6.07, 6.45) is 3.37. The Kier molecular flexibility index (Phi) is 5.27. The second-order valence-electron chi connectivity index (χ2n) is 8.09. The van der Waals surface area contributed by atoms with Crippen LogP contribution in [0.3, 0.4) is 0 Å². The van der Waals surface area contributed by atoms with Crippen molar-refractivity contribution in [1.29, 1.82) is 0 Å². The largest absolute Gasteiger partial charge is 0.477 e. The molecule has 30 heavy (non-hydrogen) atoms. The molecule has 4 N–H and O–H groups in total. The molecule has 0 aliphatic carbocycles. The number of aromatic amines is 1. The number of anilines is 3. The second kappa shape index (κ2) is 7.88. The van der Waals surface area contributed by atoms with E-state index in [4.69, 9.17) is 5.11 Å². The Morgan fingerprint density at radius 1 is 1.20 bits per heavy atom. The van der Waals surface area contributed by atoms with E-state index in [-0.39, 0.29) is 5.69 Å². The lowest BCUT2D eigenvalue weighted by molar-refractivity contribution is 0.0345. The van der Waals surface area contributed by atoms with Crippen molar-refractivity contribution in [2.24, 2.45) is 0 Å². The summed E-state index contributed by atoms with van der Waals surface area (Å²) >= 11 is 0. The summed E-state index contributed by atoms with van der Waals surface area (Å²) in [5, 5.41) is 22.7. The highest BCUT2D eigenvalue weighted by atomic mass is 16.4. The molecule has 0 saturated carbocycles. The molecule has 0 spiro atoms. The molecule has 0 radical (unpaired) electrons. The molecule has 0 bridgehead atoms. The topological polar surface area (TPSA) is 130 Å². The average molecular weight is 411 g/mol. The van der Waals surface area contributed by atoms with Gasteiger partial charge >= 0.3 is 5.97 Å². The number of H-pyrrole nitrogens is 1. The number of β-amino-alcohol motifs (C(OH)–C–C–N with tert-alkyl or cyclic N) is 1. The minimum Gasteiger partial charge on any atom is -0.477 e. The van der Waals surface area contributed by atoms with Crippen molar-refractivity contribution in [3.05, 3.63) is 36.3 Å². The van der Waals surface area contributed by atoms with Gasteiger partial charge in [0, 0.05) is 44.3 Å². The summed E-state index contributed by atoms with van der Waals surface area (Å²) in [6.45, 7) is 7.88. The minimum absolute atomic E-state index is 0.0709. The number of nitrogens with one attached hydrogen (secondary N) is 2. The predicted octanol–water partition coefficient (Wildman–Crippen LogP) is 1.69. The van der Waals surface area contributed by atoms with Crippen LogP contribution in [-0.2, 0) is 0 Å². The molecule has 3 aromatic heterocycles. The van der Waals surface area contributed by atoms with Crippen LogP contribution in [0.15, 0.2) is 30.6 Å². The zero-order chi connectivity index (χ0) is 21.3. The standard InChI is InChI=1S/C20H25N7O3/c1-20(2,30)12-26-5-7-27(8-6-26)14-3-4-16(21-11-14)24-19-22-10-13-9-15(18(28)29)23-17(13)25-19/h3-4,9-11,30H,5-8,12H2,1-2H3,(H,28,29)(H2,21,22,23,24,25). The Morgan fingerprint density at radius 2 is 1.97 bits per heavy atom. The fourth-order valence-electron chi connectivity index (χ4n) is 3.56. The number of nitrogens with zero attached hydrogens (tertiary/aromatic N) is 5. The summed E-state index contributed by atoms with van der Waals surface area (Å²) in [4.78, 5) is 31.3. The molecular weight excluding hydrogens is 386 g/mol. The van der Waals surface area contributed by atoms with Crippen molar-refractivity contribution >= 4 is 34.5 Å². The van der Waals surface area contributed by atoms with Gasteiger partial charge in [-0.15, -0.1) is 0 Å². The number of aromatic carboxylic acids is 1. The first-order valence-electron chi connectivity index (χ1n) is 9.79. The van der Waals surface area contributed by atoms with Crippen LogP contribution in [0.4, 0.5) is 17.5 Å². The van der Waals surface area contributed by atoms with Gasteiger partial charge in [0.2, 0.25) is 5.95 Å². The monoisotopic (exact) mass is 411 g/mol. The SMILES string of the molecule is CC(C)(O)CN1CCN(c2ccc(Nc3ncc4cc(C(=O)O)[nH]c4n3)nc2)CC1. The van der Waals surface area contributed by atoms with Gasteiger partial charge in [0.05, 0.1) is 17.5 Å². The molecular formula is C20H25N7O3. The number of hydrogen-bond acceptors (Lipinski definition) is 8. The Balaban J connectivity index is 1.38. The van der Waals surface area contributed by atoms with Gasteiger partial charge in [-0.05, 0) is 32.0 Å². The van der Waals surface area contributed by atoms with Crippen LogP contribution in [0, 0.1) is 0 Å². The highest BCUT2D eigenvalue weighted by molar-refractivity contribution is 5.92. The molecule has 1 aliphatic rings. The van der Waals surface area contributed by atoms with Crippen molar-refractivity contribution in [2.45, 2.75) is 19.4 Å². The quantitative estimate of drug-likeness (QED) is 0.478. The van der Waals surface area contributed by atoms with Crippen molar-refractivity contribution in [1.82, 2.24) is 24.8 Å². The minimum atomic E-state index is -1.04. The van der Waals surface area contributed by atoms with E-state index in [1.54, 1.807) is 6.20 Å². The number of pyridine rings is 1. The highest BCUT2D eigenvalue weighted by Crippen LogP contribution is 2.20. The van der Waals surface area contributed by atoms with Gasteiger partial charge in [0.15, 0.2) is 0 Å². The van der Waals surface area contributed by atoms with Crippen LogP contribution in [0.1, 0.15) is 24.3 Å². The number of aromatic nitrogens is 4. The predicted molar refractivity (Wildman–Crippen MR) is 113 cm³/mol. The van der Waals surface area contributed by atoms with Crippen molar-refractivity contribution in [3.8, 4) is 0 Å². The van der Waals surface area contributed by atoms with Gasteiger partial charge in [-0.25, -0.2) is 14.8 Å². The van der Waals surface area contributed by atoms with Crippen LogP contribution < -0.4 is 10.2 Å². The third-order valence-electron chi connectivity index (χ3n) is 4.94. The van der Waals surface area contributed by atoms with Gasteiger partial charge in [-0.2, -0.15) is 4.98 Å². The van der Waals surface area contributed by atoms with Crippen molar-refractivity contribution < 1.29 is 15.0 Å². The van der Waals surface area contributed by atoms with E-state index < -0.39 is 11.6 Å². The zero-order valence-corrected chi connectivity index (χ0v) is 17.0. The molecule has 0 aromatic carbocycles. The highest BCUT2D eigenvalue weighted by Gasteiger charge is 2.23. The number of hydrogen-bond donors (Lipinski definition) is 4. The molecule has 3 aromatic rings. The first-order valence-corrected chi connectivity index (χ1v) is 9.79. The normalized spacial score (nSPS) is 15.5. The molecule has 10 heteroatoms. The van der Waals surface area contributed by atoms with Crippen LogP contribution in [0.5, 0.6) is 0 Å². The lowest BCUT2D eigenvalue weighted by Crippen LogP contribution is -2.50. The van der Waals surface area contributed by atoms with Crippen molar-refractivity contribution in [3.63, 3.8) is 0 Å². The lowest BCUT2D eigenvalue weighted by atomic mass is 10.1. The van der Waals surface area contributed by atoms with Crippen LogP contribution in [-0.4, -0.2) is 79.3 Å². The number of carboxylic acids is 1. The number of carbonyl (C=O) groups is 1. The molecule has 10 nitrogen and oxygen atoms in total. The summed E-state index contributed by atoms with van der Waals surface area (Å²) in [5.74, 6) is -0.105. The first kappa shape index (κ1) is 20.0. The Bertz CT molecular complexity index is 1030. The smallest absolute Gasteiger partial charge is 0.352 e. The second-order valence-corrected chi connectivity index (χ2v) is 8.09. The summed E-state index contributed by atoms with van der Waals surface area (Å²) in [7, 11) is 0. The molecule has 1 aliphatic heterocycles. The first-order chi connectivity index (χ1) is 14.3. The number of piperazine rings is 1. The molecule has 4 heterocycles. The molecule has 4 rings (SSSR count). The third kappa shape index (κ3) is 4.66. The van der Waals surface area contributed by atoms with E-state index in [1.165, 1.54) is 6.07 Å². The van der Waals surface area contributed by atoms with Gasteiger partial charge in [-0.1, -0.05) is 0 Å². The number of rotatable bonds is 6. The molecule has 1 saturated heterocycles. The Hall–Kier alpha value is -3.24. The van der Waals surface area contributed by atoms with E-state index >= 15 is 0 Å². The number of aliphatic hydroxyl groups is 1. The maximum absolute atomic E-state index is 11.1. The molecule has 1 fully saturated rings. The lowest BCUT2D eigenvalue weighted by Gasteiger charge is -2.38. The maximum Gasteiger partial charge on any atom is 0.352 e. The van der Waals surface area contributed by atoms with E-state index in [9.17, 15) is 9.90 Å². The number of fused-ring (bicyclic) bond motifs is 1. The Morgan fingerprint density at radius 3 is 2.60 bits per heavy atom. The molecule has 0 unspecified atom stereocenters. The summed E-state index contributed by atoms with van der Waals surface area (Å²) < 4.78 is 0. The van der Waals surface area contributed by atoms with Gasteiger partial charge in [-0.3, -0.25) is 4.90 Å². The van der Waals surface area contributed by atoms with Crippen LogP contribution in [0.25, 0.3) is 11.0 Å². The van der Waals surface area contributed by atoms with Gasteiger partial charge in [0.25, 0.3) is 0 Å². The maximum atomic E-state index is 11.1. The average Bonchev–Trinajstić information content (AvgIpc) is 3.12. The van der Waals surface area contributed by atoms with Crippen LogP contribution >= 0.6 is 0 Å². The third-order valence-corrected chi connectivity index (χ3v) is 4.94. The fourth-order valence-corrected chi connectivity index (χ4v) is 3.56. The molecule has 0 atom stereocenters. The molecule has 0 amide bonds. The zero-order valence-electron chi connectivity index (χ0n) is 17.0. The van der Waals surface area contributed by atoms with E-state index in [2.05, 4.69) is 35.1 Å². The van der Waals surface area contributed by atoms with Gasteiger partial charge < -0.3 is 25.4 Å². The summed E-state index contributed by atoms with van der Waals surface area (Å²) in [5.41, 5.74) is 0.875.